The van der Waals surface area contributed by atoms with E-state index in [1.54, 1.807) is 12.1 Å². The number of nitrogens with one attached hydrogen (secondary N) is 1. The van der Waals surface area contributed by atoms with Crippen LogP contribution in [0.25, 0.3) is 0 Å². The van der Waals surface area contributed by atoms with Crippen LogP contribution < -0.4 is 10.1 Å². The summed E-state index contributed by atoms with van der Waals surface area (Å²) in [6.45, 7) is 1.55. The second-order valence-corrected chi connectivity index (χ2v) is 6.88. The Kier molecular flexibility index (Phi) is 6.30. The lowest BCUT2D eigenvalue weighted by molar-refractivity contribution is -0.0498. The van der Waals surface area contributed by atoms with Gasteiger partial charge in [0.05, 0.1) is 0 Å². The van der Waals surface area contributed by atoms with Crippen molar-refractivity contribution in [1.82, 2.24) is 5.32 Å². The van der Waals surface area contributed by atoms with Crippen molar-refractivity contribution in [2.75, 3.05) is 5.75 Å². The molecule has 1 aromatic rings. The highest BCUT2D eigenvalue weighted by Crippen LogP contribution is 2.31. The fourth-order valence-corrected chi connectivity index (χ4v) is 4.09. The maximum absolute atomic E-state index is 12.1. The highest BCUT2D eigenvalue weighted by Gasteiger charge is 2.28. The third kappa shape index (κ3) is 4.85. The van der Waals surface area contributed by atoms with Crippen molar-refractivity contribution < 1.29 is 13.5 Å². The lowest BCUT2D eigenvalue weighted by Gasteiger charge is -2.25. The van der Waals surface area contributed by atoms with Gasteiger partial charge in [0, 0.05) is 17.3 Å². The number of benzene rings is 1. The molecular formula is C16H23F2NOS. The van der Waals surface area contributed by atoms with E-state index in [-0.39, 0.29) is 11.8 Å². The second-order valence-electron chi connectivity index (χ2n) is 5.37. The molecule has 5 heteroatoms. The van der Waals surface area contributed by atoms with Crippen molar-refractivity contribution in [3.8, 4) is 5.75 Å². The Morgan fingerprint density at radius 2 is 2.00 bits per heavy atom. The Morgan fingerprint density at radius 1 is 1.29 bits per heavy atom. The Morgan fingerprint density at radius 3 is 2.62 bits per heavy atom. The Hall–Kier alpha value is -0.810. The molecule has 2 nitrogen and oxygen atoms in total. The van der Waals surface area contributed by atoms with Crippen LogP contribution in [0.2, 0.25) is 0 Å². The Labute approximate surface area is 129 Å². The molecule has 0 radical (unpaired) electrons. The molecule has 1 aliphatic carbocycles. The van der Waals surface area contributed by atoms with Gasteiger partial charge in [0.25, 0.3) is 0 Å². The van der Waals surface area contributed by atoms with E-state index in [0.717, 1.165) is 11.3 Å². The largest absolute Gasteiger partial charge is 0.435 e. The summed E-state index contributed by atoms with van der Waals surface area (Å²) in [5, 5.41) is 4.37. The molecule has 0 heterocycles. The van der Waals surface area contributed by atoms with Crippen LogP contribution in [0.15, 0.2) is 24.3 Å². The third-order valence-electron chi connectivity index (χ3n) is 3.90. The molecule has 118 valence electrons. The minimum absolute atomic E-state index is 0.209. The quantitative estimate of drug-likeness (QED) is 0.794. The van der Waals surface area contributed by atoms with E-state index >= 15 is 0 Å². The SMILES string of the molecule is CCSC1CCCC1NC(C)c1ccc(OC(F)F)cc1. The summed E-state index contributed by atoms with van der Waals surface area (Å²) in [6, 6.07) is 7.67. The lowest BCUT2D eigenvalue weighted by atomic mass is 10.1. The second kappa shape index (κ2) is 7.99. The van der Waals surface area contributed by atoms with Gasteiger partial charge < -0.3 is 10.1 Å². The van der Waals surface area contributed by atoms with E-state index in [0.29, 0.717) is 11.3 Å². The van der Waals surface area contributed by atoms with Crippen molar-refractivity contribution in [3.63, 3.8) is 0 Å². The smallest absolute Gasteiger partial charge is 0.387 e. The van der Waals surface area contributed by atoms with E-state index in [2.05, 4.69) is 23.9 Å². The van der Waals surface area contributed by atoms with Gasteiger partial charge in [-0.2, -0.15) is 20.5 Å². The van der Waals surface area contributed by atoms with Crippen LogP contribution in [-0.2, 0) is 0 Å². The molecule has 0 aliphatic heterocycles. The standard InChI is InChI=1S/C16H23F2NOS/c1-3-21-15-6-4-5-14(15)19-11(2)12-7-9-13(10-8-12)20-16(17)18/h7-11,14-16,19H,3-6H2,1-2H3. The highest BCUT2D eigenvalue weighted by molar-refractivity contribution is 7.99. The first-order valence-corrected chi connectivity index (χ1v) is 8.57. The van der Waals surface area contributed by atoms with Gasteiger partial charge in [0.1, 0.15) is 5.75 Å². The predicted octanol–water partition coefficient (Wildman–Crippen LogP) is 4.61. The van der Waals surface area contributed by atoms with Crippen LogP contribution in [0.5, 0.6) is 5.75 Å². The number of thioether (sulfide) groups is 1. The molecule has 1 N–H and O–H groups in total. The van der Waals surface area contributed by atoms with E-state index in [4.69, 9.17) is 0 Å². The van der Waals surface area contributed by atoms with Crippen LogP contribution in [0, 0.1) is 0 Å². The topological polar surface area (TPSA) is 21.3 Å². The van der Waals surface area contributed by atoms with Crippen molar-refractivity contribution in [1.29, 1.82) is 0 Å². The summed E-state index contributed by atoms with van der Waals surface area (Å²) in [4.78, 5) is 0. The van der Waals surface area contributed by atoms with Gasteiger partial charge in [-0.1, -0.05) is 25.5 Å². The lowest BCUT2D eigenvalue weighted by Crippen LogP contribution is -2.36. The summed E-state index contributed by atoms with van der Waals surface area (Å²) in [7, 11) is 0. The average molecular weight is 315 g/mol. The fraction of sp³-hybridized carbons (Fsp3) is 0.625. The monoisotopic (exact) mass is 315 g/mol. The van der Waals surface area contributed by atoms with E-state index in [9.17, 15) is 8.78 Å². The molecule has 0 saturated heterocycles. The molecule has 0 aromatic heterocycles. The molecule has 0 bridgehead atoms. The molecule has 0 amide bonds. The van der Waals surface area contributed by atoms with Gasteiger partial charge in [-0.15, -0.1) is 0 Å². The van der Waals surface area contributed by atoms with Gasteiger partial charge in [-0.3, -0.25) is 0 Å². The van der Waals surface area contributed by atoms with E-state index in [1.165, 1.54) is 19.3 Å². The summed E-state index contributed by atoms with van der Waals surface area (Å²) in [5.74, 6) is 1.36. The Balaban J connectivity index is 1.92. The van der Waals surface area contributed by atoms with Gasteiger partial charge in [0.15, 0.2) is 0 Å². The van der Waals surface area contributed by atoms with Crippen LogP contribution >= 0.6 is 11.8 Å². The van der Waals surface area contributed by atoms with Crippen LogP contribution in [0.3, 0.4) is 0 Å². The normalized spacial score (nSPS) is 23.5. The van der Waals surface area contributed by atoms with E-state index < -0.39 is 6.61 Å². The molecule has 1 fully saturated rings. The fourth-order valence-electron chi connectivity index (χ4n) is 2.89. The minimum Gasteiger partial charge on any atom is -0.435 e. The molecule has 1 aromatic carbocycles. The molecule has 3 unspecified atom stereocenters. The summed E-state index contributed by atoms with van der Waals surface area (Å²) in [6.07, 6.45) is 3.78. The minimum atomic E-state index is -2.77. The van der Waals surface area contributed by atoms with Gasteiger partial charge >= 0.3 is 6.61 Å². The molecule has 21 heavy (non-hydrogen) atoms. The molecule has 2 rings (SSSR count). The first kappa shape index (κ1) is 16.6. The first-order chi connectivity index (χ1) is 10.1. The van der Waals surface area contributed by atoms with Gasteiger partial charge in [-0.25, -0.2) is 0 Å². The predicted molar refractivity (Wildman–Crippen MR) is 84.2 cm³/mol. The van der Waals surface area contributed by atoms with Crippen LogP contribution in [-0.4, -0.2) is 23.7 Å². The summed E-state index contributed by atoms with van der Waals surface area (Å²) < 4.78 is 28.6. The molecule has 1 saturated carbocycles. The van der Waals surface area contributed by atoms with Crippen molar-refractivity contribution >= 4 is 11.8 Å². The third-order valence-corrected chi connectivity index (χ3v) is 5.23. The molecule has 1 aliphatic rings. The highest BCUT2D eigenvalue weighted by atomic mass is 32.2. The molecule has 3 atom stereocenters. The number of hydrogen-bond acceptors (Lipinski definition) is 3. The zero-order valence-corrected chi connectivity index (χ0v) is 13.3. The maximum atomic E-state index is 12.1. The molecular weight excluding hydrogens is 292 g/mol. The number of halogens is 2. The summed E-state index contributed by atoms with van der Waals surface area (Å²) in [5.41, 5.74) is 1.10. The zero-order valence-electron chi connectivity index (χ0n) is 12.5. The zero-order chi connectivity index (χ0) is 15.2. The Bertz CT molecular complexity index is 427. The van der Waals surface area contributed by atoms with Crippen LogP contribution in [0.1, 0.15) is 44.7 Å². The van der Waals surface area contributed by atoms with E-state index in [1.807, 2.05) is 23.9 Å². The summed E-state index contributed by atoms with van der Waals surface area (Å²) >= 11 is 2.03. The maximum Gasteiger partial charge on any atom is 0.387 e. The van der Waals surface area contributed by atoms with Crippen molar-refractivity contribution in [2.45, 2.75) is 57.1 Å². The van der Waals surface area contributed by atoms with Crippen molar-refractivity contribution in [3.05, 3.63) is 29.8 Å². The average Bonchev–Trinajstić information content (AvgIpc) is 2.86. The number of alkyl halides is 2. The number of ether oxygens (including phenoxy) is 1. The van der Waals surface area contributed by atoms with Crippen LogP contribution in [0.4, 0.5) is 8.78 Å². The van der Waals surface area contributed by atoms with Gasteiger partial charge in [0.2, 0.25) is 0 Å². The first-order valence-electron chi connectivity index (χ1n) is 7.52. The number of hydrogen-bond donors (Lipinski definition) is 1. The number of rotatable bonds is 7. The van der Waals surface area contributed by atoms with Gasteiger partial charge in [-0.05, 0) is 43.2 Å². The molecule has 0 spiro atoms. The van der Waals surface area contributed by atoms with Crippen molar-refractivity contribution in [2.24, 2.45) is 0 Å².